The van der Waals surface area contributed by atoms with Crippen molar-refractivity contribution in [2.24, 2.45) is 0 Å². The van der Waals surface area contributed by atoms with Crippen LogP contribution in [0.4, 0.5) is 0 Å². The maximum absolute atomic E-state index is 5.79. The lowest BCUT2D eigenvalue weighted by atomic mass is 9.95. The molecule has 0 heterocycles. The molecule has 0 bridgehead atoms. The zero-order valence-electron chi connectivity index (χ0n) is 12.7. The van der Waals surface area contributed by atoms with E-state index in [-0.39, 0.29) is 12.1 Å². The van der Waals surface area contributed by atoms with Crippen LogP contribution in [0.25, 0.3) is 0 Å². The van der Waals surface area contributed by atoms with Gasteiger partial charge in [-0.25, -0.2) is 0 Å². The standard InChI is InChI=1S/C18H23NO/c1-13(2)20-16-10-7-9-15(12-16)18(19-4)17-11-6-5-8-14(17)3/h5-13,18-19H,1-4H3. The summed E-state index contributed by atoms with van der Waals surface area (Å²) >= 11 is 0. The first-order valence-corrected chi connectivity index (χ1v) is 7.11. The predicted octanol–water partition coefficient (Wildman–Crippen LogP) is 4.09. The minimum Gasteiger partial charge on any atom is -0.491 e. The Morgan fingerprint density at radius 1 is 1.00 bits per heavy atom. The van der Waals surface area contributed by atoms with E-state index in [0.29, 0.717) is 0 Å². The molecule has 20 heavy (non-hydrogen) atoms. The maximum atomic E-state index is 5.79. The fourth-order valence-electron chi connectivity index (χ4n) is 2.45. The molecule has 0 saturated heterocycles. The quantitative estimate of drug-likeness (QED) is 0.882. The van der Waals surface area contributed by atoms with Crippen LogP contribution in [0.5, 0.6) is 5.75 Å². The summed E-state index contributed by atoms with van der Waals surface area (Å²) in [7, 11) is 1.99. The minimum atomic E-state index is 0.187. The molecule has 0 aliphatic heterocycles. The van der Waals surface area contributed by atoms with Gasteiger partial charge in [0.1, 0.15) is 5.75 Å². The Kier molecular flexibility index (Phi) is 4.80. The lowest BCUT2D eigenvalue weighted by Gasteiger charge is -2.20. The highest BCUT2D eigenvalue weighted by Gasteiger charge is 2.14. The van der Waals surface area contributed by atoms with Crippen LogP contribution >= 0.6 is 0 Å². The van der Waals surface area contributed by atoms with Gasteiger partial charge in [-0.15, -0.1) is 0 Å². The van der Waals surface area contributed by atoms with E-state index in [1.54, 1.807) is 0 Å². The third kappa shape index (κ3) is 3.40. The fraction of sp³-hybridized carbons (Fsp3) is 0.333. The average Bonchev–Trinajstić information content (AvgIpc) is 2.41. The summed E-state index contributed by atoms with van der Waals surface area (Å²) in [6.45, 7) is 6.24. The molecule has 0 spiro atoms. The molecular weight excluding hydrogens is 246 g/mol. The van der Waals surface area contributed by atoms with Crippen LogP contribution in [0.2, 0.25) is 0 Å². The Hall–Kier alpha value is -1.80. The third-order valence-corrected chi connectivity index (χ3v) is 3.35. The smallest absolute Gasteiger partial charge is 0.120 e. The molecule has 0 amide bonds. The van der Waals surface area contributed by atoms with Crippen molar-refractivity contribution in [2.45, 2.75) is 32.9 Å². The van der Waals surface area contributed by atoms with Crippen LogP contribution in [0.1, 0.15) is 36.6 Å². The molecule has 0 aliphatic carbocycles. The third-order valence-electron chi connectivity index (χ3n) is 3.35. The molecule has 2 nitrogen and oxygen atoms in total. The summed E-state index contributed by atoms with van der Waals surface area (Å²) in [5.74, 6) is 0.923. The van der Waals surface area contributed by atoms with Crippen LogP contribution in [0.15, 0.2) is 48.5 Å². The molecule has 1 unspecified atom stereocenters. The van der Waals surface area contributed by atoms with E-state index in [1.165, 1.54) is 16.7 Å². The monoisotopic (exact) mass is 269 g/mol. The largest absolute Gasteiger partial charge is 0.491 e. The highest BCUT2D eigenvalue weighted by Crippen LogP contribution is 2.27. The molecule has 1 N–H and O–H groups in total. The van der Waals surface area contributed by atoms with E-state index in [9.17, 15) is 0 Å². The van der Waals surface area contributed by atoms with Crippen molar-refractivity contribution in [1.82, 2.24) is 5.32 Å². The van der Waals surface area contributed by atoms with Gasteiger partial charge in [0.2, 0.25) is 0 Å². The molecule has 106 valence electrons. The molecule has 0 radical (unpaired) electrons. The molecule has 2 heteroatoms. The molecule has 2 aromatic rings. The first-order chi connectivity index (χ1) is 9.61. The van der Waals surface area contributed by atoms with Gasteiger partial charge in [0.05, 0.1) is 12.1 Å². The van der Waals surface area contributed by atoms with Crippen molar-refractivity contribution in [3.05, 3.63) is 65.2 Å². The number of ether oxygens (including phenoxy) is 1. The van der Waals surface area contributed by atoms with Gasteiger partial charge < -0.3 is 10.1 Å². The van der Waals surface area contributed by atoms with E-state index in [4.69, 9.17) is 4.74 Å². The molecule has 2 rings (SSSR count). The molecule has 2 aromatic carbocycles. The Morgan fingerprint density at radius 2 is 1.75 bits per heavy atom. The highest BCUT2D eigenvalue weighted by molar-refractivity contribution is 5.39. The second-order valence-electron chi connectivity index (χ2n) is 5.32. The predicted molar refractivity (Wildman–Crippen MR) is 84.3 cm³/mol. The molecular formula is C18H23NO. The number of hydrogen-bond donors (Lipinski definition) is 1. The van der Waals surface area contributed by atoms with E-state index in [0.717, 1.165) is 5.75 Å². The Bertz CT molecular complexity index is 563. The SMILES string of the molecule is CNC(c1cccc(OC(C)C)c1)c1ccccc1C. The summed E-state index contributed by atoms with van der Waals surface area (Å²) in [5.41, 5.74) is 3.82. The summed E-state index contributed by atoms with van der Waals surface area (Å²) in [5, 5.41) is 3.40. The van der Waals surface area contributed by atoms with Crippen molar-refractivity contribution in [1.29, 1.82) is 0 Å². The summed E-state index contributed by atoms with van der Waals surface area (Å²) < 4.78 is 5.79. The van der Waals surface area contributed by atoms with E-state index in [2.05, 4.69) is 54.7 Å². The number of hydrogen-bond acceptors (Lipinski definition) is 2. The second kappa shape index (κ2) is 6.58. The molecule has 0 aromatic heterocycles. The maximum Gasteiger partial charge on any atom is 0.120 e. The highest BCUT2D eigenvalue weighted by atomic mass is 16.5. The van der Waals surface area contributed by atoms with Gasteiger partial charge in [0.25, 0.3) is 0 Å². The van der Waals surface area contributed by atoms with Crippen molar-refractivity contribution in [3.63, 3.8) is 0 Å². The minimum absolute atomic E-state index is 0.187. The molecule has 1 atom stereocenters. The van der Waals surface area contributed by atoms with Gasteiger partial charge in [-0.2, -0.15) is 0 Å². The zero-order chi connectivity index (χ0) is 14.5. The van der Waals surface area contributed by atoms with Crippen molar-refractivity contribution >= 4 is 0 Å². The van der Waals surface area contributed by atoms with Crippen molar-refractivity contribution < 1.29 is 4.74 Å². The fourth-order valence-corrected chi connectivity index (χ4v) is 2.45. The molecule has 0 fully saturated rings. The number of aryl methyl sites for hydroxylation is 1. The number of benzene rings is 2. The normalized spacial score (nSPS) is 12.4. The summed E-state index contributed by atoms with van der Waals surface area (Å²) in [6.07, 6.45) is 0.191. The molecule has 0 saturated carbocycles. The van der Waals surface area contributed by atoms with Gasteiger partial charge >= 0.3 is 0 Å². The number of rotatable bonds is 5. The Labute approximate surface area is 121 Å². The number of nitrogens with one attached hydrogen (secondary N) is 1. The van der Waals surface area contributed by atoms with Gasteiger partial charge in [-0.3, -0.25) is 0 Å². The van der Waals surface area contributed by atoms with Crippen LogP contribution in [-0.4, -0.2) is 13.2 Å². The van der Waals surface area contributed by atoms with Crippen LogP contribution < -0.4 is 10.1 Å². The van der Waals surface area contributed by atoms with Crippen molar-refractivity contribution in [3.8, 4) is 5.75 Å². The lowest BCUT2D eigenvalue weighted by molar-refractivity contribution is 0.242. The van der Waals surface area contributed by atoms with Gasteiger partial charge in [-0.05, 0) is 56.6 Å². The zero-order valence-corrected chi connectivity index (χ0v) is 12.7. The van der Waals surface area contributed by atoms with Gasteiger partial charge in [0, 0.05) is 0 Å². The lowest BCUT2D eigenvalue weighted by Crippen LogP contribution is -2.18. The van der Waals surface area contributed by atoms with E-state index in [1.807, 2.05) is 27.0 Å². The Balaban J connectivity index is 2.35. The summed E-state index contributed by atoms with van der Waals surface area (Å²) in [6, 6.07) is 17.0. The summed E-state index contributed by atoms with van der Waals surface area (Å²) in [4.78, 5) is 0. The molecule has 0 aliphatic rings. The first kappa shape index (κ1) is 14.6. The van der Waals surface area contributed by atoms with Gasteiger partial charge in [-0.1, -0.05) is 36.4 Å². The van der Waals surface area contributed by atoms with E-state index >= 15 is 0 Å². The topological polar surface area (TPSA) is 21.3 Å². The van der Waals surface area contributed by atoms with E-state index < -0.39 is 0 Å². The van der Waals surface area contributed by atoms with Crippen molar-refractivity contribution in [2.75, 3.05) is 7.05 Å². The van der Waals surface area contributed by atoms with Gasteiger partial charge in [0.15, 0.2) is 0 Å². The van der Waals surface area contributed by atoms with Crippen LogP contribution in [0, 0.1) is 6.92 Å². The van der Waals surface area contributed by atoms with Crippen LogP contribution in [-0.2, 0) is 0 Å². The average molecular weight is 269 g/mol. The van der Waals surface area contributed by atoms with Crippen LogP contribution in [0.3, 0.4) is 0 Å². The second-order valence-corrected chi connectivity index (χ2v) is 5.32. The first-order valence-electron chi connectivity index (χ1n) is 7.11. The Morgan fingerprint density at radius 3 is 2.40 bits per heavy atom.